The highest BCUT2D eigenvalue weighted by molar-refractivity contribution is 5.87. The number of esters is 1. The summed E-state index contributed by atoms with van der Waals surface area (Å²) >= 11 is 0. The summed E-state index contributed by atoms with van der Waals surface area (Å²) < 4.78 is 23.0. The second-order valence-corrected chi connectivity index (χ2v) is 11.3. The Kier molecular flexibility index (Phi) is 13.7. The molecule has 2 fully saturated rings. The third kappa shape index (κ3) is 11.0. The number of aliphatic hydroxyl groups is 1. The van der Waals surface area contributed by atoms with Gasteiger partial charge >= 0.3 is 5.97 Å². The van der Waals surface area contributed by atoms with Gasteiger partial charge in [0.15, 0.2) is 0 Å². The van der Waals surface area contributed by atoms with Gasteiger partial charge in [0.25, 0.3) is 0 Å². The second-order valence-electron chi connectivity index (χ2n) is 11.3. The maximum Gasteiger partial charge on any atom is 0.303 e. The number of carbonyl (C=O) groups excluding carboxylic acids is 3. The lowest BCUT2D eigenvalue weighted by Crippen LogP contribution is -2.56. The number of hydrazine groups is 1. The van der Waals surface area contributed by atoms with E-state index in [0.29, 0.717) is 12.8 Å². The van der Waals surface area contributed by atoms with Gasteiger partial charge in [0, 0.05) is 33.6 Å². The Morgan fingerprint density at radius 3 is 2.51 bits per heavy atom. The van der Waals surface area contributed by atoms with Crippen molar-refractivity contribution in [2.24, 2.45) is 5.92 Å². The van der Waals surface area contributed by atoms with Gasteiger partial charge in [0.05, 0.1) is 36.4 Å². The summed E-state index contributed by atoms with van der Waals surface area (Å²) in [6.07, 6.45) is 8.15. The number of aliphatic hydroxyl groups excluding tert-OH is 1. The van der Waals surface area contributed by atoms with Gasteiger partial charge in [-0.25, -0.2) is 5.43 Å². The fourth-order valence-electron chi connectivity index (χ4n) is 5.22. The first-order chi connectivity index (χ1) is 19.3. The first-order valence-electron chi connectivity index (χ1n) is 14.3. The highest BCUT2D eigenvalue weighted by Crippen LogP contribution is 2.34. The maximum atomic E-state index is 12.4. The van der Waals surface area contributed by atoms with Crippen LogP contribution in [0, 0.1) is 5.92 Å². The van der Waals surface area contributed by atoms with Gasteiger partial charge in [0.2, 0.25) is 11.8 Å². The molecule has 2 aliphatic heterocycles. The van der Waals surface area contributed by atoms with Crippen LogP contribution < -0.4 is 16.2 Å². The van der Waals surface area contributed by atoms with Crippen LogP contribution >= 0.6 is 0 Å². The van der Waals surface area contributed by atoms with Gasteiger partial charge in [-0.1, -0.05) is 30.7 Å². The fourth-order valence-corrected chi connectivity index (χ4v) is 5.22. The zero-order valence-electron chi connectivity index (χ0n) is 25.6. The summed E-state index contributed by atoms with van der Waals surface area (Å²) in [7, 11) is 3.17. The molecule has 11 nitrogen and oxygen atoms in total. The molecule has 2 amide bonds. The number of rotatable bonds is 12. The smallest absolute Gasteiger partial charge is 0.303 e. The third-order valence-corrected chi connectivity index (χ3v) is 7.70. The lowest BCUT2D eigenvalue weighted by atomic mass is 9.84. The first kappa shape index (κ1) is 34.6. The molecule has 2 rings (SSSR count). The van der Waals surface area contributed by atoms with Gasteiger partial charge in [-0.2, -0.15) is 0 Å². The zero-order valence-corrected chi connectivity index (χ0v) is 25.6. The van der Waals surface area contributed by atoms with Crippen LogP contribution in [-0.2, 0) is 33.3 Å². The summed E-state index contributed by atoms with van der Waals surface area (Å²) in [6.45, 7) is 10.9. The summed E-state index contributed by atoms with van der Waals surface area (Å²) in [6, 6.07) is -0.129. The summed E-state index contributed by atoms with van der Waals surface area (Å²) in [4.78, 5) is 35.5. The average Bonchev–Trinajstić information content (AvgIpc) is 2.89. The highest BCUT2D eigenvalue weighted by Gasteiger charge is 2.46. The van der Waals surface area contributed by atoms with Gasteiger partial charge in [-0.05, 0) is 52.5 Å². The van der Waals surface area contributed by atoms with Crippen LogP contribution in [0.5, 0.6) is 0 Å². The Bertz CT molecular complexity index is 983. The van der Waals surface area contributed by atoms with Crippen molar-refractivity contribution < 1.29 is 38.4 Å². The van der Waals surface area contributed by atoms with E-state index in [-0.39, 0.29) is 42.4 Å². The van der Waals surface area contributed by atoms with E-state index < -0.39 is 36.0 Å². The number of allylic oxidation sites excluding steroid dienone is 2. The van der Waals surface area contributed by atoms with Gasteiger partial charge < -0.3 is 29.4 Å². The van der Waals surface area contributed by atoms with Crippen molar-refractivity contribution >= 4 is 17.8 Å². The van der Waals surface area contributed by atoms with Gasteiger partial charge in [-0.3, -0.25) is 19.8 Å². The Balaban J connectivity index is 1.94. The molecule has 232 valence electrons. The number of methoxy groups -OCH3 is 1. The average molecular weight is 580 g/mol. The van der Waals surface area contributed by atoms with E-state index in [9.17, 15) is 19.5 Å². The molecule has 0 unspecified atom stereocenters. The number of nitrogens with one attached hydrogen (secondary N) is 3. The van der Waals surface area contributed by atoms with Crippen molar-refractivity contribution in [1.82, 2.24) is 16.2 Å². The minimum atomic E-state index is -0.894. The molecule has 2 aliphatic rings. The van der Waals surface area contributed by atoms with E-state index in [0.717, 1.165) is 12.0 Å². The minimum absolute atomic E-state index is 0.00981. The predicted molar refractivity (Wildman–Crippen MR) is 154 cm³/mol. The zero-order chi connectivity index (χ0) is 30.7. The lowest BCUT2D eigenvalue weighted by Gasteiger charge is -2.44. The predicted octanol–water partition coefficient (Wildman–Crippen LogP) is 2.25. The Morgan fingerprint density at radius 1 is 1.17 bits per heavy atom. The van der Waals surface area contributed by atoms with Crippen molar-refractivity contribution in [2.75, 3.05) is 14.2 Å². The number of hydrogen-bond acceptors (Lipinski definition) is 9. The van der Waals surface area contributed by atoms with E-state index in [1.807, 2.05) is 32.9 Å². The number of ether oxygens (including phenoxy) is 4. The van der Waals surface area contributed by atoms with Crippen LogP contribution in [0.25, 0.3) is 0 Å². The second kappa shape index (κ2) is 16.2. The molecule has 0 aromatic carbocycles. The molecule has 4 N–H and O–H groups in total. The lowest BCUT2D eigenvalue weighted by molar-refractivity contribution is -0.207. The van der Waals surface area contributed by atoms with Gasteiger partial charge in [0.1, 0.15) is 18.3 Å². The molecule has 2 heterocycles. The van der Waals surface area contributed by atoms with E-state index in [2.05, 4.69) is 29.2 Å². The first-order valence-corrected chi connectivity index (χ1v) is 14.3. The molecule has 0 aliphatic carbocycles. The molecule has 0 bridgehead atoms. The monoisotopic (exact) mass is 579 g/mol. The Hall–Kier alpha value is -2.57. The van der Waals surface area contributed by atoms with Crippen LogP contribution in [0.4, 0.5) is 0 Å². The largest absolute Gasteiger partial charge is 0.459 e. The molecule has 0 spiro atoms. The molecule has 0 aromatic rings. The molecule has 0 aromatic heterocycles. The Morgan fingerprint density at radius 2 is 1.88 bits per heavy atom. The van der Waals surface area contributed by atoms with Gasteiger partial charge in [-0.15, -0.1) is 0 Å². The molecular formula is C30H49N3O8. The number of amides is 2. The van der Waals surface area contributed by atoms with Crippen molar-refractivity contribution in [3.8, 4) is 0 Å². The van der Waals surface area contributed by atoms with Crippen molar-refractivity contribution in [3.05, 3.63) is 36.0 Å². The molecule has 0 saturated carbocycles. The van der Waals surface area contributed by atoms with Crippen molar-refractivity contribution in [3.63, 3.8) is 0 Å². The molecule has 41 heavy (non-hydrogen) atoms. The number of carbonyl (C=O) groups is 3. The third-order valence-electron chi connectivity index (χ3n) is 7.70. The molecule has 0 radical (unpaired) electrons. The maximum absolute atomic E-state index is 12.4. The van der Waals surface area contributed by atoms with Crippen molar-refractivity contribution in [2.45, 2.75) is 115 Å². The minimum Gasteiger partial charge on any atom is -0.459 e. The van der Waals surface area contributed by atoms with Crippen LogP contribution in [0.2, 0.25) is 0 Å². The molecule has 2 saturated heterocycles. The van der Waals surface area contributed by atoms with E-state index in [1.54, 1.807) is 27.2 Å². The van der Waals surface area contributed by atoms with Crippen LogP contribution in [0.1, 0.15) is 67.2 Å². The highest BCUT2D eigenvalue weighted by atomic mass is 16.5. The van der Waals surface area contributed by atoms with E-state index in [4.69, 9.17) is 18.9 Å². The topological polar surface area (TPSA) is 144 Å². The SMILES string of the molecule is CNNC(=O)C[C@@H]1C[C@](C)(OC)[C@H](O)[C@@H](/C=C/C(C)=C/C[C@@H]2O[C@H](C)[C@H](NC(=O)/C=C\[C@H](C)OC(C)=O)C[C@@H]2C)O1. The number of hydrogen-bond donors (Lipinski definition) is 4. The standard InChI is InChI=1S/C30H49N3O8/c1-18(10-13-26-29(37)30(6,38-8)17-23(41-26)16-28(36)33-31-7)9-12-25-19(2)15-24(21(4)40-25)32-27(35)14-11-20(3)39-22(5)34/h9-11,13-14,19-21,23-26,29,31,37H,12,15-17H2,1-8H3,(H,32,35)(H,33,36)/b13-10+,14-11-,18-9+/t19-,20-,21+,23+,24+,25-,26+,29+,30-/m0/s1. The van der Waals surface area contributed by atoms with Crippen LogP contribution in [0.3, 0.4) is 0 Å². The summed E-state index contributed by atoms with van der Waals surface area (Å²) in [5.74, 6) is -0.638. The summed E-state index contributed by atoms with van der Waals surface area (Å²) in [5.41, 5.74) is 5.31. The normalized spacial score (nSPS) is 33.5. The van der Waals surface area contributed by atoms with Crippen LogP contribution in [-0.4, -0.2) is 85.3 Å². The van der Waals surface area contributed by atoms with E-state index in [1.165, 1.54) is 13.0 Å². The quantitative estimate of drug-likeness (QED) is 0.118. The van der Waals surface area contributed by atoms with Crippen LogP contribution in [0.15, 0.2) is 36.0 Å². The molecular weight excluding hydrogens is 530 g/mol. The van der Waals surface area contributed by atoms with Crippen molar-refractivity contribution in [1.29, 1.82) is 0 Å². The Labute approximate surface area is 244 Å². The van der Waals surface area contributed by atoms with E-state index >= 15 is 0 Å². The summed E-state index contributed by atoms with van der Waals surface area (Å²) in [5, 5.41) is 13.9. The fraction of sp³-hybridized carbons (Fsp3) is 0.700. The molecule has 11 heteroatoms. The molecule has 9 atom stereocenters.